The van der Waals surface area contributed by atoms with E-state index >= 15 is 0 Å². The first kappa shape index (κ1) is 12.6. The molecule has 0 fully saturated rings. The van der Waals surface area contributed by atoms with Crippen LogP contribution in [0.1, 0.15) is 11.3 Å². The molecule has 1 aromatic carbocycles. The number of rotatable bonds is 3. The van der Waals surface area contributed by atoms with E-state index in [0.29, 0.717) is 18.7 Å². The van der Waals surface area contributed by atoms with Gasteiger partial charge < -0.3 is 10.3 Å². The normalized spacial score (nSPS) is 11.8. The van der Waals surface area contributed by atoms with E-state index in [4.69, 9.17) is 5.73 Å². The third-order valence-corrected chi connectivity index (χ3v) is 2.59. The van der Waals surface area contributed by atoms with Crippen LogP contribution >= 0.6 is 0 Å². The fraction of sp³-hybridized carbons (Fsp3) is 0.250. The Kier molecular flexibility index (Phi) is 3.38. The molecule has 0 radical (unpaired) electrons. The summed E-state index contributed by atoms with van der Waals surface area (Å²) in [5.41, 5.74) is 6.31. The Bertz CT molecular complexity index is 514. The summed E-state index contributed by atoms with van der Waals surface area (Å²) in [4.78, 5) is 3.97. The minimum absolute atomic E-state index is 0.465. The van der Waals surface area contributed by atoms with E-state index in [2.05, 4.69) is 4.98 Å². The van der Waals surface area contributed by atoms with E-state index in [9.17, 15) is 13.2 Å². The van der Waals surface area contributed by atoms with Crippen LogP contribution in [0, 0.1) is 0 Å². The molecule has 18 heavy (non-hydrogen) atoms. The highest BCUT2D eigenvalue weighted by Crippen LogP contribution is 2.29. The van der Waals surface area contributed by atoms with Gasteiger partial charge in [-0.3, -0.25) is 0 Å². The molecule has 0 aliphatic rings. The van der Waals surface area contributed by atoms with Gasteiger partial charge in [0.2, 0.25) is 0 Å². The predicted octanol–water partition coefficient (Wildman–Crippen LogP) is 2.39. The first-order valence-electron chi connectivity index (χ1n) is 5.41. The van der Waals surface area contributed by atoms with Crippen molar-refractivity contribution in [3.8, 4) is 5.69 Å². The van der Waals surface area contributed by atoms with Crippen molar-refractivity contribution < 1.29 is 13.2 Å². The summed E-state index contributed by atoms with van der Waals surface area (Å²) in [6, 6.07) is 4.96. The number of halogens is 3. The second-order valence-electron chi connectivity index (χ2n) is 3.84. The molecule has 0 unspecified atom stereocenters. The van der Waals surface area contributed by atoms with Crippen LogP contribution in [0.4, 0.5) is 13.2 Å². The SMILES string of the molecule is NCCc1cncn1-c1ccc(C(F)(F)F)cc1. The van der Waals surface area contributed by atoms with Crippen LogP contribution in [0.2, 0.25) is 0 Å². The summed E-state index contributed by atoms with van der Waals surface area (Å²) in [7, 11) is 0. The Balaban J connectivity index is 2.32. The van der Waals surface area contributed by atoms with Gasteiger partial charge in [-0.15, -0.1) is 0 Å². The largest absolute Gasteiger partial charge is 0.416 e. The van der Waals surface area contributed by atoms with Crippen molar-refractivity contribution >= 4 is 0 Å². The molecule has 2 rings (SSSR count). The molecule has 1 heterocycles. The molecule has 0 aliphatic carbocycles. The average molecular weight is 255 g/mol. The Labute approximate surface area is 102 Å². The van der Waals surface area contributed by atoms with E-state index in [1.54, 1.807) is 17.1 Å². The highest BCUT2D eigenvalue weighted by Gasteiger charge is 2.30. The number of nitrogens with two attached hydrogens (primary N) is 1. The molecule has 3 nitrogen and oxygen atoms in total. The van der Waals surface area contributed by atoms with Crippen LogP contribution < -0.4 is 5.73 Å². The number of hydrogen-bond donors (Lipinski definition) is 1. The monoisotopic (exact) mass is 255 g/mol. The highest BCUT2D eigenvalue weighted by molar-refractivity contribution is 5.37. The van der Waals surface area contributed by atoms with Crippen molar-refractivity contribution in [1.82, 2.24) is 9.55 Å². The van der Waals surface area contributed by atoms with Crippen molar-refractivity contribution in [2.24, 2.45) is 5.73 Å². The number of aromatic nitrogens is 2. The smallest absolute Gasteiger partial charge is 0.330 e. The Morgan fingerprint density at radius 3 is 2.39 bits per heavy atom. The Hall–Kier alpha value is -1.82. The number of benzene rings is 1. The van der Waals surface area contributed by atoms with Gasteiger partial charge in [0.25, 0.3) is 0 Å². The highest BCUT2D eigenvalue weighted by atomic mass is 19.4. The van der Waals surface area contributed by atoms with E-state index in [-0.39, 0.29) is 0 Å². The molecular weight excluding hydrogens is 243 g/mol. The molecule has 0 amide bonds. The predicted molar refractivity (Wildman–Crippen MR) is 61.3 cm³/mol. The average Bonchev–Trinajstić information content (AvgIpc) is 2.77. The molecule has 0 saturated carbocycles. The summed E-state index contributed by atoms with van der Waals surface area (Å²) in [5.74, 6) is 0. The quantitative estimate of drug-likeness (QED) is 0.915. The lowest BCUT2D eigenvalue weighted by Gasteiger charge is -2.10. The van der Waals surface area contributed by atoms with Gasteiger partial charge in [-0.25, -0.2) is 4.98 Å². The van der Waals surface area contributed by atoms with Crippen LogP contribution in [0.15, 0.2) is 36.8 Å². The summed E-state index contributed by atoms with van der Waals surface area (Å²) in [6.45, 7) is 0.465. The Morgan fingerprint density at radius 2 is 1.83 bits per heavy atom. The zero-order valence-corrected chi connectivity index (χ0v) is 9.48. The van der Waals surface area contributed by atoms with Crippen molar-refractivity contribution in [3.05, 3.63) is 48.0 Å². The maximum Gasteiger partial charge on any atom is 0.416 e. The zero-order chi connectivity index (χ0) is 13.2. The van der Waals surface area contributed by atoms with Crippen molar-refractivity contribution in [3.63, 3.8) is 0 Å². The van der Waals surface area contributed by atoms with Crippen LogP contribution in [-0.2, 0) is 12.6 Å². The number of imidazole rings is 1. The fourth-order valence-corrected chi connectivity index (χ4v) is 1.70. The third kappa shape index (κ3) is 2.53. The minimum Gasteiger partial charge on any atom is -0.330 e. The van der Waals surface area contributed by atoms with Crippen LogP contribution in [0.5, 0.6) is 0 Å². The third-order valence-electron chi connectivity index (χ3n) is 2.59. The van der Waals surface area contributed by atoms with Crippen molar-refractivity contribution in [2.75, 3.05) is 6.54 Å². The van der Waals surface area contributed by atoms with Gasteiger partial charge in [0.15, 0.2) is 0 Å². The van der Waals surface area contributed by atoms with Gasteiger partial charge in [-0.05, 0) is 30.8 Å². The molecule has 0 saturated heterocycles. The first-order valence-corrected chi connectivity index (χ1v) is 5.41. The van der Waals surface area contributed by atoms with Crippen LogP contribution in [0.25, 0.3) is 5.69 Å². The van der Waals surface area contributed by atoms with Crippen molar-refractivity contribution in [2.45, 2.75) is 12.6 Å². The minimum atomic E-state index is -4.31. The molecule has 96 valence electrons. The Morgan fingerprint density at radius 1 is 1.17 bits per heavy atom. The summed E-state index contributed by atoms with van der Waals surface area (Å²) >= 11 is 0. The summed E-state index contributed by atoms with van der Waals surface area (Å²) in [6.07, 6.45) is -0.466. The first-order chi connectivity index (χ1) is 8.52. The molecule has 6 heteroatoms. The fourth-order valence-electron chi connectivity index (χ4n) is 1.70. The maximum atomic E-state index is 12.4. The van der Waals surface area contributed by atoms with Gasteiger partial charge in [-0.2, -0.15) is 13.2 Å². The molecule has 0 spiro atoms. The maximum absolute atomic E-state index is 12.4. The molecule has 2 N–H and O–H groups in total. The van der Waals surface area contributed by atoms with Crippen LogP contribution in [0.3, 0.4) is 0 Å². The summed E-state index contributed by atoms with van der Waals surface area (Å²) < 4.78 is 39.0. The van der Waals surface area contributed by atoms with E-state index < -0.39 is 11.7 Å². The standard InChI is InChI=1S/C12H12F3N3/c13-12(14,15)9-1-3-10(4-2-9)18-8-17-7-11(18)5-6-16/h1-4,7-8H,5-6,16H2. The molecule has 0 atom stereocenters. The number of nitrogens with zero attached hydrogens (tertiary/aromatic N) is 2. The van der Waals surface area contributed by atoms with Gasteiger partial charge in [-0.1, -0.05) is 0 Å². The topological polar surface area (TPSA) is 43.8 Å². The van der Waals surface area contributed by atoms with E-state index in [1.165, 1.54) is 12.1 Å². The van der Waals surface area contributed by atoms with E-state index in [0.717, 1.165) is 17.8 Å². The second-order valence-corrected chi connectivity index (χ2v) is 3.84. The summed E-state index contributed by atoms with van der Waals surface area (Å²) in [5, 5.41) is 0. The van der Waals surface area contributed by atoms with Gasteiger partial charge in [0.1, 0.15) is 0 Å². The van der Waals surface area contributed by atoms with E-state index in [1.807, 2.05) is 0 Å². The zero-order valence-electron chi connectivity index (χ0n) is 9.48. The number of alkyl halides is 3. The van der Waals surface area contributed by atoms with Gasteiger partial charge >= 0.3 is 6.18 Å². The lowest BCUT2D eigenvalue weighted by atomic mass is 10.2. The molecule has 2 aromatic rings. The lowest BCUT2D eigenvalue weighted by Crippen LogP contribution is -2.08. The van der Waals surface area contributed by atoms with Crippen LogP contribution in [-0.4, -0.2) is 16.1 Å². The lowest BCUT2D eigenvalue weighted by molar-refractivity contribution is -0.137. The van der Waals surface area contributed by atoms with Gasteiger partial charge in [0.05, 0.1) is 11.9 Å². The number of hydrogen-bond acceptors (Lipinski definition) is 2. The molecule has 0 bridgehead atoms. The second kappa shape index (κ2) is 4.81. The molecular formula is C12H12F3N3. The molecule has 0 aliphatic heterocycles. The van der Waals surface area contributed by atoms with Crippen molar-refractivity contribution in [1.29, 1.82) is 0 Å². The molecule has 1 aromatic heterocycles. The van der Waals surface area contributed by atoms with Gasteiger partial charge in [0, 0.05) is 24.0 Å².